The molecule has 0 saturated carbocycles. The van der Waals surface area contributed by atoms with Gasteiger partial charge in [-0.2, -0.15) is 4.98 Å². The molecule has 0 fully saturated rings. The zero-order valence-corrected chi connectivity index (χ0v) is 11.6. The fraction of sp³-hybridized carbons (Fsp3) is 0. The highest BCUT2D eigenvalue weighted by molar-refractivity contribution is 5.43. The van der Waals surface area contributed by atoms with Crippen molar-refractivity contribution in [3.8, 4) is 23.3 Å². The third-order valence-electron chi connectivity index (χ3n) is 2.80. The molecule has 0 bridgehead atoms. The van der Waals surface area contributed by atoms with E-state index >= 15 is 0 Å². The van der Waals surface area contributed by atoms with Gasteiger partial charge in [0.25, 0.3) is 0 Å². The number of rotatable bonds is 4. The van der Waals surface area contributed by atoms with Crippen molar-refractivity contribution in [1.29, 1.82) is 0 Å². The summed E-state index contributed by atoms with van der Waals surface area (Å²) in [6, 6.07) is 14.0. The minimum Gasteiger partial charge on any atom is -0.437 e. The summed E-state index contributed by atoms with van der Waals surface area (Å²) in [5.41, 5.74) is 12.6. The van der Waals surface area contributed by atoms with E-state index in [1.807, 2.05) is 0 Å². The molecule has 0 aliphatic carbocycles. The normalized spacial score (nSPS) is 10.2. The molecule has 0 atom stereocenters. The molecule has 0 amide bonds. The van der Waals surface area contributed by atoms with Crippen molar-refractivity contribution in [3.05, 3.63) is 60.9 Å². The molecule has 0 saturated heterocycles. The molecule has 3 rings (SSSR count). The maximum absolute atomic E-state index is 5.63. The van der Waals surface area contributed by atoms with Crippen molar-refractivity contribution in [3.63, 3.8) is 0 Å². The van der Waals surface area contributed by atoms with Crippen molar-refractivity contribution in [2.75, 3.05) is 11.5 Å². The van der Waals surface area contributed by atoms with Crippen LogP contribution in [0.3, 0.4) is 0 Å². The fourth-order valence-corrected chi connectivity index (χ4v) is 1.74. The summed E-state index contributed by atoms with van der Waals surface area (Å²) < 4.78 is 11.2. The Kier molecular flexibility index (Phi) is 3.74. The molecular weight excluding hydrogens is 280 g/mol. The van der Waals surface area contributed by atoms with E-state index in [1.54, 1.807) is 48.5 Å². The Hall–Kier alpha value is -3.28. The molecule has 1 aromatic heterocycles. The Bertz CT molecular complexity index is 695. The highest BCUT2D eigenvalue weighted by Crippen LogP contribution is 2.24. The van der Waals surface area contributed by atoms with Crippen LogP contribution in [0.25, 0.3) is 0 Å². The first-order valence-electron chi connectivity index (χ1n) is 6.58. The van der Waals surface area contributed by atoms with Crippen LogP contribution in [0, 0.1) is 0 Å². The summed E-state index contributed by atoms with van der Waals surface area (Å²) in [6.45, 7) is 0. The van der Waals surface area contributed by atoms with Gasteiger partial charge in [-0.25, -0.2) is 0 Å². The second kappa shape index (κ2) is 6.01. The van der Waals surface area contributed by atoms with Crippen LogP contribution in [-0.2, 0) is 0 Å². The maximum Gasteiger partial charge on any atom is 0.241 e. The Labute approximate surface area is 127 Å². The van der Waals surface area contributed by atoms with Gasteiger partial charge in [0.05, 0.1) is 12.4 Å². The predicted molar refractivity (Wildman–Crippen MR) is 83.9 cm³/mol. The lowest BCUT2D eigenvalue weighted by molar-refractivity contribution is 0.422. The van der Waals surface area contributed by atoms with E-state index in [0.717, 1.165) is 0 Å². The lowest BCUT2D eigenvalue weighted by atomic mass is 10.3. The quantitative estimate of drug-likeness (QED) is 0.717. The number of aromatic nitrogens is 2. The number of nitrogen functional groups attached to an aromatic ring is 2. The van der Waals surface area contributed by atoms with Crippen LogP contribution >= 0.6 is 0 Å². The van der Waals surface area contributed by atoms with E-state index in [-0.39, 0.29) is 0 Å². The second-order valence-corrected chi connectivity index (χ2v) is 4.54. The SMILES string of the molecule is Nc1ccc(Oc2cncc(Oc3ccc(N)cc3)n2)cc1. The van der Waals surface area contributed by atoms with Crippen molar-refractivity contribution in [2.24, 2.45) is 0 Å². The Morgan fingerprint density at radius 3 is 1.45 bits per heavy atom. The first-order valence-corrected chi connectivity index (χ1v) is 6.58. The van der Waals surface area contributed by atoms with Gasteiger partial charge in [0.2, 0.25) is 11.8 Å². The monoisotopic (exact) mass is 294 g/mol. The standard InChI is InChI=1S/C16H14N4O2/c17-11-1-5-13(6-2-11)21-15-9-19-10-16(20-15)22-14-7-3-12(18)4-8-14/h1-10H,17-18H2. The number of anilines is 2. The number of hydrogen-bond acceptors (Lipinski definition) is 6. The van der Waals surface area contributed by atoms with Gasteiger partial charge in [-0.15, -0.1) is 0 Å². The summed E-state index contributed by atoms with van der Waals surface area (Å²) in [7, 11) is 0. The number of nitrogens with zero attached hydrogens (tertiary/aromatic N) is 2. The van der Waals surface area contributed by atoms with Gasteiger partial charge in [-0.05, 0) is 48.5 Å². The molecule has 0 unspecified atom stereocenters. The Balaban J connectivity index is 1.74. The Morgan fingerprint density at radius 2 is 1.05 bits per heavy atom. The average molecular weight is 294 g/mol. The van der Waals surface area contributed by atoms with E-state index in [2.05, 4.69) is 9.97 Å². The van der Waals surface area contributed by atoms with E-state index in [9.17, 15) is 0 Å². The number of nitrogens with two attached hydrogens (primary N) is 2. The van der Waals surface area contributed by atoms with Gasteiger partial charge >= 0.3 is 0 Å². The first-order chi connectivity index (χ1) is 10.7. The van der Waals surface area contributed by atoms with Crippen molar-refractivity contribution >= 4 is 11.4 Å². The summed E-state index contributed by atoms with van der Waals surface area (Å²) in [5.74, 6) is 1.90. The third kappa shape index (κ3) is 3.43. The van der Waals surface area contributed by atoms with Gasteiger partial charge in [0.15, 0.2) is 0 Å². The maximum atomic E-state index is 5.63. The molecule has 6 heteroatoms. The Morgan fingerprint density at radius 1 is 0.636 bits per heavy atom. The lowest BCUT2D eigenvalue weighted by Crippen LogP contribution is -1.94. The molecule has 110 valence electrons. The molecule has 6 nitrogen and oxygen atoms in total. The zero-order valence-electron chi connectivity index (χ0n) is 11.6. The molecular formula is C16H14N4O2. The highest BCUT2D eigenvalue weighted by Gasteiger charge is 2.04. The van der Waals surface area contributed by atoms with Gasteiger partial charge in [0, 0.05) is 11.4 Å². The van der Waals surface area contributed by atoms with E-state index in [1.165, 1.54) is 12.4 Å². The smallest absolute Gasteiger partial charge is 0.241 e. The minimum atomic E-state index is 0.331. The van der Waals surface area contributed by atoms with Crippen LogP contribution in [0.1, 0.15) is 0 Å². The van der Waals surface area contributed by atoms with E-state index < -0.39 is 0 Å². The van der Waals surface area contributed by atoms with Crippen LogP contribution in [0.4, 0.5) is 11.4 Å². The van der Waals surface area contributed by atoms with Gasteiger partial charge in [-0.1, -0.05) is 0 Å². The largest absolute Gasteiger partial charge is 0.437 e. The molecule has 22 heavy (non-hydrogen) atoms. The van der Waals surface area contributed by atoms with E-state index in [4.69, 9.17) is 20.9 Å². The highest BCUT2D eigenvalue weighted by atomic mass is 16.5. The van der Waals surface area contributed by atoms with Crippen LogP contribution < -0.4 is 20.9 Å². The van der Waals surface area contributed by atoms with Crippen LogP contribution in [-0.4, -0.2) is 9.97 Å². The molecule has 0 aliphatic heterocycles. The van der Waals surface area contributed by atoms with Gasteiger partial charge in [-0.3, -0.25) is 4.98 Å². The van der Waals surface area contributed by atoms with Gasteiger partial charge in [0.1, 0.15) is 11.5 Å². The number of hydrogen-bond donors (Lipinski definition) is 2. The molecule has 0 spiro atoms. The van der Waals surface area contributed by atoms with Crippen LogP contribution in [0.2, 0.25) is 0 Å². The van der Waals surface area contributed by atoms with Crippen molar-refractivity contribution in [2.45, 2.75) is 0 Å². The van der Waals surface area contributed by atoms with Crippen molar-refractivity contribution in [1.82, 2.24) is 9.97 Å². The molecule has 1 heterocycles. The predicted octanol–water partition coefficient (Wildman–Crippen LogP) is 3.23. The van der Waals surface area contributed by atoms with Crippen molar-refractivity contribution < 1.29 is 9.47 Å². The zero-order chi connectivity index (χ0) is 15.4. The average Bonchev–Trinajstić information content (AvgIpc) is 2.52. The molecule has 2 aromatic carbocycles. The fourth-order valence-electron chi connectivity index (χ4n) is 1.74. The van der Waals surface area contributed by atoms with Crippen LogP contribution in [0.5, 0.6) is 23.3 Å². The summed E-state index contributed by atoms with van der Waals surface area (Å²) in [4.78, 5) is 8.29. The lowest BCUT2D eigenvalue weighted by Gasteiger charge is -2.07. The number of ether oxygens (including phenoxy) is 2. The molecule has 4 N–H and O–H groups in total. The van der Waals surface area contributed by atoms with Gasteiger partial charge < -0.3 is 20.9 Å². The van der Waals surface area contributed by atoms with Crippen LogP contribution in [0.15, 0.2) is 60.9 Å². The minimum absolute atomic E-state index is 0.331. The molecule has 0 radical (unpaired) electrons. The molecule has 3 aromatic rings. The third-order valence-corrected chi connectivity index (χ3v) is 2.80. The molecule has 0 aliphatic rings. The summed E-state index contributed by atoms with van der Waals surface area (Å²) in [5, 5.41) is 0. The summed E-state index contributed by atoms with van der Waals surface area (Å²) >= 11 is 0. The number of benzene rings is 2. The summed E-state index contributed by atoms with van der Waals surface area (Å²) in [6.07, 6.45) is 3.01. The first kappa shape index (κ1) is 13.7. The second-order valence-electron chi connectivity index (χ2n) is 4.54. The van der Waals surface area contributed by atoms with E-state index in [0.29, 0.717) is 34.6 Å². The topological polar surface area (TPSA) is 96.3 Å².